The molecule has 5 nitrogen and oxygen atoms in total. The van der Waals surface area contributed by atoms with Crippen LogP contribution in [0, 0.1) is 6.92 Å². The van der Waals surface area contributed by atoms with E-state index in [0.29, 0.717) is 5.82 Å². The molecule has 1 amide bonds. The van der Waals surface area contributed by atoms with E-state index in [9.17, 15) is 4.79 Å². The number of likely N-dealkylation sites (N-methyl/N-ethyl adjacent to an activating group) is 1. The van der Waals surface area contributed by atoms with Crippen LogP contribution in [-0.4, -0.2) is 34.2 Å². The Morgan fingerprint density at radius 2 is 2.31 bits per heavy atom. The van der Waals surface area contributed by atoms with E-state index >= 15 is 0 Å². The maximum absolute atomic E-state index is 11.8. The van der Waals surface area contributed by atoms with Crippen LogP contribution < -0.4 is 5.73 Å². The highest BCUT2D eigenvalue weighted by atomic mass is 16.2. The van der Waals surface area contributed by atoms with Crippen LogP contribution in [-0.2, 0) is 11.3 Å². The zero-order chi connectivity index (χ0) is 12.1. The number of rotatable bonds is 5. The van der Waals surface area contributed by atoms with Gasteiger partial charge in [-0.15, -0.1) is 0 Å². The highest BCUT2D eigenvalue weighted by Gasteiger charge is 2.11. The predicted molar refractivity (Wildman–Crippen MR) is 63.9 cm³/mol. The molecule has 1 aromatic rings. The molecule has 1 heterocycles. The van der Waals surface area contributed by atoms with Crippen LogP contribution in [0.25, 0.3) is 0 Å². The minimum atomic E-state index is 0.0691. The standard InChI is InChI=1S/C11H20N4O/c1-4-5-6-14(3)11(16)8-15-9(2)7-10(12)13-15/h7H,4-6,8H2,1-3H3,(H2,12,13). The fourth-order valence-electron chi connectivity index (χ4n) is 1.46. The lowest BCUT2D eigenvalue weighted by Gasteiger charge is -2.16. The van der Waals surface area contributed by atoms with Gasteiger partial charge in [0, 0.05) is 25.4 Å². The Hall–Kier alpha value is -1.52. The highest BCUT2D eigenvalue weighted by Crippen LogP contribution is 2.04. The Kier molecular flexibility index (Phi) is 4.34. The van der Waals surface area contributed by atoms with Gasteiger partial charge in [-0.25, -0.2) is 0 Å². The van der Waals surface area contributed by atoms with Crippen molar-refractivity contribution >= 4 is 11.7 Å². The number of nitrogen functional groups attached to an aromatic ring is 1. The molecule has 0 radical (unpaired) electrons. The number of unbranched alkanes of at least 4 members (excludes halogenated alkanes) is 1. The smallest absolute Gasteiger partial charge is 0.244 e. The molecule has 0 saturated heterocycles. The molecule has 0 spiro atoms. The zero-order valence-electron chi connectivity index (χ0n) is 10.2. The van der Waals surface area contributed by atoms with E-state index < -0.39 is 0 Å². The van der Waals surface area contributed by atoms with E-state index in [1.165, 1.54) is 0 Å². The summed E-state index contributed by atoms with van der Waals surface area (Å²) in [5.41, 5.74) is 6.47. The van der Waals surface area contributed by atoms with Gasteiger partial charge in [0.05, 0.1) is 0 Å². The monoisotopic (exact) mass is 224 g/mol. The molecule has 2 N–H and O–H groups in total. The summed E-state index contributed by atoms with van der Waals surface area (Å²) in [4.78, 5) is 13.5. The third-order valence-corrected chi connectivity index (χ3v) is 2.56. The van der Waals surface area contributed by atoms with Gasteiger partial charge >= 0.3 is 0 Å². The van der Waals surface area contributed by atoms with Crippen LogP contribution in [0.3, 0.4) is 0 Å². The molecular formula is C11H20N4O. The molecule has 16 heavy (non-hydrogen) atoms. The van der Waals surface area contributed by atoms with Gasteiger partial charge in [-0.1, -0.05) is 13.3 Å². The second kappa shape index (κ2) is 5.53. The number of anilines is 1. The lowest BCUT2D eigenvalue weighted by atomic mass is 10.3. The maximum Gasteiger partial charge on any atom is 0.244 e. The van der Waals surface area contributed by atoms with Crippen molar-refractivity contribution in [3.63, 3.8) is 0 Å². The van der Waals surface area contributed by atoms with Crippen molar-refractivity contribution in [1.82, 2.24) is 14.7 Å². The third-order valence-electron chi connectivity index (χ3n) is 2.56. The Bertz CT molecular complexity index is 359. The largest absolute Gasteiger partial charge is 0.382 e. The van der Waals surface area contributed by atoms with E-state index in [1.807, 2.05) is 14.0 Å². The Balaban J connectivity index is 2.53. The average molecular weight is 224 g/mol. The molecule has 0 saturated carbocycles. The van der Waals surface area contributed by atoms with Crippen molar-refractivity contribution in [1.29, 1.82) is 0 Å². The van der Waals surface area contributed by atoms with Gasteiger partial charge in [-0.2, -0.15) is 5.10 Å². The molecule has 0 aliphatic carbocycles. The molecule has 0 unspecified atom stereocenters. The first-order chi connectivity index (χ1) is 7.54. The minimum absolute atomic E-state index is 0.0691. The van der Waals surface area contributed by atoms with Gasteiger partial charge in [0.2, 0.25) is 5.91 Å². The van der Waals surface area contributed by atoms with E-state index in [4.69, 9.17) is 5.73 Å². The van der Waals surface area contributed by atoms with Crippen molar-refractivity contribution < 1.29 is 4.79 Å². The van der Waals surface area contributed by atoms with Crippen molar-refractivity contribution in [2.24, 2.45) is 0 Å². The average Bonchev–Trinajstić information content (AvgIpc) is 2.53. The Labute approximate surface area is 96.2 Å². The topological polar surface area (TPSA) is 64.2 Å². The molecule has 1 aromatic heterocycles. The Morgan fingerprint density at radius 3 is 2.81 bits per heavy atom. The first kappa shape index (κ1) is 12.5. The summed E-state index contributed by atoms with van der Waals surface area (Å²) >= 11 is 0. The van der Waals surface area contributed by atoms with E-state index in [0.717, 1.165) is 25.1 Å². The lowest BCUT2D eigenvalue weighted by Crippen LogP contribution is -2.31. The molecule has 0 aliphatic rings. The highest BCUT2D eigenvalue weighted by molar-refractivity contribution is 5.75. The first-order valence-corrected chi connectivity index (χ1v) is 5.58. The van der Waals surface area contributed by atoms with E-state index in [1.54, 1.807) is 15.6 Å². The first-order valence-electron chi connectivity index (χ1n) is 5.58. The van der Waals surface area contributed by atoms with Crippen LogP contribution in [0.2, 0.25) is 0 Å². The van der Waals surface area contributed by atoms with Crippen LogP contribution in [0.15, 0.2) is 6.07 Å². The summed E-state index contributed by atoms with van der Waals surface area (Å²) in [5, 5.41) is 4.06. The van der Waals surface area contributed by atoms with Crippen LogP contribution in [0.1, 0.15) is 25.5 Å². The number of nitrogens with zero attached hydrogens (tertiary/aromatic N) is 3. The summed E-state index contributed by atoms with van der Waals surface area (Å²) in [6.07, 6.45) is 2.12. The molecule has 0 fully saturated rings. The number of aryl methyl sites for hydroxylation is 1. The molecule has 1 rings (SSSR count). The van der Waals surface area contributed by atoms with Crippen LogP contribution >= 0.6 is 0 Å². The SMILES string of the molecule is CCCCN(C)C(=O)Cn1nc(N)cc1C. The molecule has 0 aromatic carbocycles. The third kappa shape index (κ3) is 3.25. The quantitative estimate of drug-likeness (QED) is 0.812. The second-order valence-corrected chi connectivity index (χ2v) is 4.04. The van der Waals surface area contributed by atoms with E-state index in [-0.39, 0.29) is 12.5 Å². The molecular weight excluding hydrogens is 204 g/mol. The summed E-state index contributed by atoms with van der Waals surface area (Å²) in [7, 11) is 1.82. The summed E-state index contributed by atoms with van der Waals surface area (Å²) < 4.78 is 1.64. The summed E-state index contributed by atoms with van der Waals surface area (Å²) in [5.74, 6) is 0.529. The molecule has 0 aliphatic heterocycles. The van der Waals surface area contributed by atoms with Crippen LogP contribution in [0.5, 0.6) is 0 Å². The van der Waals surface area contributed by atoms with Gasteiger partial charge in [-0.05, 0) is 13.3 Å². The fourth-order valence-corrected chi connectivity index (χ4v) is 1.46. The molecule has 90 valence electrons. The zero-order valence-corrected chi connectivity index (χ0v) is 10.2. The van der Waals surface area contributed by atoms with Gasteiger partial charge in [0.25, 0.3) is 0 Å². The van der Waals surface area contributed by atoms with E-state index in [2.05, 4.69) is 12.0 Å². The van der Waals surface area contributed by atoms with Crippen molar-refractivity contribution in [3.05, 3.63) is 11.8 Å². The number of carbonyl (C=O) groups excluding carboxylic acids is 1. The van der Waals surface area contributed by atoms with Crippen LogP contribution in [0.4, 0.5) is 5.82 Å². The number of carbonyl (C=O) groups is 1. The van der Waals surface area contributed by atoms with Gasteiger partial charge in [0.15, 0.2) is 0 Å². The molecule has 0 atom stereocenters. The number of amides is 1. The van der Waals surface area contributed by atoms with Crippen molar-refractivity contribution in [3.8, 4) is 0 Å². The number of nitrogens with two attached hydrogens (primary N) is 1. The number of hydrogen-bond donors (Lipinski definition) is 1. The van der Waals surface area contributed by atoms with Gasteiger partial charge < -0.3 is 10.6 Å². The lowest BCUT2D eigenvalue weighted by molar-refractivity contribution is -0.130. The normalized spacial score (nSPS) is 10.4. The fraction of sp³-hybridized carbons (Fsp3) is 0.636. The molecule has 5 heteroatoms. The van der Waals surface area contributed by atoms with Crippen molar-refractivity contribution in [2.45, 2.75) is 33.2 Å². The van der Waals surface area contributed by atoms with Gasteiger partial charge in [0.1, 0.15) is 12.4 Å². The van der Waals surface area contributed by atoms with Crippen molar-refractivity contribution in [2.75, 3.05) is 19.3 Å². The Morgan fingerprint density at radius 1 is 1.62 bits per heavy atom. The summed E-state index contributed by atoms with van der Waals surface area (Å²) in [6.45, 7) is 5.06. The molecule has 0 bridgehead atoms. The minimum Gasteiger partial charge on any atom is -0.382 e. The summed E-state index contributed by atoms with van der Waals surface area (Å²) in [6, 6.07) is 1.76. The predicted octanol–water partition coefficient (Wildman–Crippen LogP) is 1.03. The second-order valence-electron chi connectivity index (χ2n) is 4.04. The van der Waals surface area contributed by atoms with Gasteiger partial charge in [-0.3, -0.25) is 9.48 Å². The maximum atomic E-state index is 11.8. The number of hydrogen-bond acceptors (Lipinski definition) is 3. The number of aromatic nitrogens is 2.